The van der Waals surface area contributed by atoms with Gasteiger partial charge in [0.25, 0.3) is 0 Å². The lowest BCUT2D eigenvalue weighted by Gasteiger charge is -2.32. The monoisotopic (exact) mass is 502 g/mol. The highest BCUT2D eigenvalue weighted by Crippen LogP contribution is 2.37. The molecule has 34 heavy (non-hydrogen) atoms. The van der Waals surface area contributed by atoms with Crippen molar-refractivity contribution < 1.29 is 9.47 Å². The summed E-state index contributed by atoms with van der Waals surface area (Å²) in [4.78, 5) is 15.6. The molecule has 0 atom stereocenters. The molecule has 3 aromatic rings. The van der Waals surface area contributed by atoms with E-state index in [0.717, 1.165) is 31.4 Å². The van der Waals surface area contributed by atoms with Gasteiger partial charge in [-0.05, 0) is 49.2 Å². The van der Waals surface area contributed by atoms with E-state index in [-0.39, 0.29) is 12.0 Å². The smallest absolute Gasteiger partial charge is 0.236 e. The fraction of sp³-hybridized carbons (Fsp3) is 0.375. The molecule has 10 heteroatoms. The molecule has 0 radical (unpaired) electrons. The number of hydrogen-bond donors (Lipinski definition) is 2. The van der Waals surface area contributed by atoms with E-state index in [0.29, 0.717) is 39.1 Å². The molecule has 1 aromatic heterocycles. The van der Waals surface area contributed by atoms with Gasteiger partial charge in [-0.3, -0.25) is 0 Å². The van der Waals surface area contributed by atoms with Crippen LogP contribution >= 0.6 is 23.2 Å². The Morgan fingerprint density at radius 1 is 0.882 bits per heavy atom. The number of methoxy groups -OCH3 is 2. The van der Waals surface area contributed by atoms with Gasteiger partial charge in [0.1, 0.15) is 11.5 Å². The number of ether oxygens (including phenoxy) is 2. The molecule has 0 spiro atoms. The van der Waals surface area contributed by atoms with E-state index in [1.165, 1.54) is 12.8 Å². The number of nitrogens with two attached hydrogens (primary N) is 1. The summed E-state index contributed by atoms with van der Waals surface area (Å²) in [6.45, 7) is 0. The van der Waals surface area contributed by atoms with Crippen molar-refractivity contribution in [1.82, 2.24) is 15.0 Å². The maximum Gasteiger partial charge on any atom is 0.236 e. The topological polar surface area (TPSA) is 98.4 Å². The van der Waals surface area contributed by atoms with Crippen molar-refractivity contribution >= 4 is 52.4 Å². The lowest BCUT2D eigenvalue weighted by Crippen LogP contribution is -2.32. The van der Waals surface area contributed by atoms with E-state index in [9.17, 15) is 0 Å². The van der Waals surface area contributed by atoms with Gasteiger partial charge in [0.05, 0.1) is 24.3 Å². The third-order valence-corrected chi connectivity index (χ3v) is 6.46. The largest absolute Gasteiger partial charge is 0.495 e. The molecule has 1 aliphatic rings. The minimum atomic E-state index is 0.116. The molecule has 2 aromatic carbocycles. The van der Waals surface area contributed by atoms with Gasteiger partial charge in [-0.1, -0.05) is 48.9 Å². The summed E-state index contributed by atoms with van der Waals surface area (Å²) in [5, 5.41) is 4.17. The summed E-state index contributed by atoms with van der Waals surface area (Å²) in [6.07, 6.45) is 6.76. The zero-order chi connectivity index (χ0) is 24.1. The van der Waals surface area contributed by atoms with Crippen molar-refractivity contribution in [2.45, 2.75) is 44.6 Å². The molecule has 3 N–H and O–H groups in total. The van der Waals surface area contributed by atoms with E-state index < -0.39 is 0 Å². The summed E-state index contributed by atoms with van der Waals surface area (Å²) in [6, 6.07) is 11.2. The molecule has 0 saturated heterocycles. The Balaban J connectivity index is 1.72. The summed E-state index contributed by atoms with van der Waals surface area (Å²) in [5.74, 6) is 2.09. The van der Waals surface area contributed by atoms with Gasteiger partial charge in [0.2, 0.25) is 17.8 Å². The predicted octanol–water partition coefficient (Wildman–Crippen LogP) is 6.38. The first-order chi connectivity index (χ1) is 16.5. The van der Waals surface area contributed by atoms with Gasteiger partial charge in [0.15, 0.2) is 0 Å². The Labute approximate surface area is 209 Å². The second-order valence-electron chi connectivity index (χ2n) is 8.13. The van der Waals surface area contributed by atoms with Crippen LogP contribution in [-0.4, -0.2) is 35.2 Å². The standard InChI is InChI=1S/C24H28Cl2N6O2/c1-33-20-11-9-15(13-18(20)25)28-23-29-22(27)30-24(31-23)32(16-7-5-3-4-6-8-16)17-10-12-21(34-2)19(26)14-17/h9-14,16H,3-8H2,1-2H3,(H3,27,28,29,30,31). The molecule has 1 saturated carbocycles. The summed E-state index contributed by atoms with van der Waals surface area (Å²) < 4.78 is 10.6. The molecule has 1 heterocycles. The molecular weight excluding hydrogens is 475 g/mol. The molecule has 1 fully saturated rings. The molecule has 0 aliphatic heterocycles. The van der Waals surface area contributed by atoms with Crippen molar-refractivity contribution in [3.05, 3.63) is 46.4 Å². The van der Waals surface area contributed by atoms with Gasteiger partial charge in [-0.25, -0.2) is 0 Å². The molecule has 0 bridgehead atoms. The number of halogens is 2. The Morgan fingerprint density at radius 3 is 2.15 bits per heavy atom. The normalized spacial score (nSPS) is 14.4. The number of nitrogens with one attached hydrogen (secondary N) is 1. The van der Waals surface area contributed by atoms with Crippen LogP contribution < -0.4 is 25.4 Å². The Hall–Kier alpha value is -2.97. The van der Waals surface area contributed by atoms with Crippen LogP contribution in [0.4, 0.5) is 29.2 Å². The third kappa shape index (κ3) is 5.56. The van der Waals surface area contributed by atoms with Crippen molar-refractivity contribution in [3.63, 3.8) is 0 Å². The summed E-state index contributed by atoms with van der Waals surface area (Å²) in [5.41, 5.74) is 7.70. The zero-order valence-electron chi connectivity index (χ0n) is 19.2. The van der Waals surface area contributed by atoms with Crippen LogP contribution in [0.15, 0.2) is 36.4 Å². The number of benzene rings is 2. The van der Waals surface area contributed by atoms with Gasteiger partial charge in [-0.15, -0.1) is 0 Å². The second-order valence-corrected chi connectivity index (χ2v) is 8.94. The number of aromatic nitrogens is 3. The molecule has 0 unspecified atom stereocenters. The van der Waals surface area contributed by atoms with Crippen molar-refractivity contribution in [3.8, 4) is 11.5 Å². The van der Waals surface area contributed by atoms with E-state index >= 15 is 0 Å². The van der Waals surface area contributed by atoms with Gasteiger partial charge < -0.3 is 25.4 Å². The SMILES string of the molecule is COc1ccc(Nc2nc(N)nc(N(c3ccc(OC)c(Cl)c3)C3CCCCCC3)n2)cc1Cl. The second kappa shape index (κ2) is 11.0. The highest BCUT2D eigenvalue weighted by molar-refractivity contribution is 6.32. The average Bonchev–Trinajstić information content (AvgIpc) is 3.09. The number of rotatable bonds is 7. The predicted molar refractivity (Wildman–Crippen MR) is 137 cm³/mol. The maximum atomic E-state index is 6.48. The average molecular weight is 503 g/mol. The Kier molecular flexibility index (Phi) is 7.80. The number of nitrogen functional groups attached to an aromatic ring is 1. The minimum absolute atomic E-state index is 0.116. The first-order valence-corrected chi connectivity index (χ1v) is 12.0. The highest BCUT2D eigenvalue weighted by Gasteiger charge is 2.26. The molecule has 1 aliphatic carbocycles. The van der Waals surface area contributed by atoms with Gasteiger partial charge in [-0.2, -0.15) is 15.0 Å². The van der Waals surface area contributed by atoms with Crippen LogP contribution in [0.3, 0.4) is 0 Å². The van der Waals surface area contributed by atoms with E-state index in [1.54, 1.807) is 26.4 Å². The van der Waals surface area contributed by atoms with Gasteiger partial charge in [0, 0.05) is 17.4 Å². The molecule has 8 nitrogen and oxygen atoms in total. The van der Waals surface area contributed by atoms with Crippen molar-refractivity contribution in [2.24, 2.45) is 0 Å². The van der Waals surface area contributed by atoms with Crippen LogP contribution in [0, 0.1) is 0 Å². The quantitative estimate of drug-likeness (QED) is 0.358. The number of nitrogens with zero attached hydrogens (tertiary/aromatic N) is 4. The van der Waals surface area contributed by atoms with Crippen LogP contribution in [0.5, 0.6) is 11.5 Å². The van der Waals surface area contributed by atoms with E-state index in [4.69, 9.17) is 43.4 Å². The molecule has 4 rings (SSSR count). The molecular formula is C24H28Cl2N6O2. The van der Waals surface area contributed by atoms with E-state index in [2.05, 4.69) is 20.2 Å². The summed E-state index contributed by atoms with van der Waals surface area (Å²) in [7, 11) is 3.17. The summed E-state index contributed by atoms with van der Waals surface area (Å²) >= 11 is 12.7. The van der Waals surface area contributed by atoms with Gasteiger partial charge >= 0.3 is 0 Å². The van der Waals surface area contributed by atoms with Crippen LogP contribution in [-0.2, 0) is 0 Å². The molecule has 180 valence electrons. The highest BCUT2D eigenvalue weighted by atomic mass is 35.5. The van der Waals surface area contributed by atoms with Crippen molar-refractivity contribution in [1.29, 1.82) is 0 Å². The lowest BCUT2D eigenvalue weighted by molar-refractivity contribution is 0.415. The lowest BCUT2D eigenvalue weighted by atomic mass is 10.1. The minimum Gasteiger partial charge on any atom is -0.495 e. The van der Waals surface area contributed by atoms with E-state index in [1.807, 2.05) is 24.3 Å². The maximum absolute atomic E-state index is 6.48. The van der Waals surface area contributed by atoms with Crippen LogP contribution in [0.1, 0.15) is 38.5 Å². The van der Waals surface area contributed by atoms with Crippen LogP contribution in [0.25, 0.3) is 0 Å². The fourth-order valence-electron chi connectivity index (χ4n) is 4.23. The first-order valence-electron chi connectivity index (χ1n) is 11.2. The third-order valence-electron chi connectivity index (χ3n) is 5.87. The van der Waals surface area contributed by atoms with Crippen LogP contribution in [0.2, 0.25) is 10.0 Å². The van der Waals surface area contributed by atoms with Crippen molar-refractivity contribution in [2.75, 3.05) is 30.2 Å². The first kappa shape index (κ1) is 24.2. The Morgan fingerprint density at radius 2 is 1.53 bits per heavy atom. The molecule has 0 amide bonds. The number of anilines is 5. The number of hydrogen-bond acceptors (Lipinski definition) is 8. The Bertz CT molecular complexity index is 1140. The fourth-order valence-corrected chi connectivity index (χ4v) is 4.74. The zero-order valence-corrected chi connectivity index (χ0v) is 20.7.